The number of hydrogen-bond donors (Lipinski definition) is 6. The van der Waals surface area contributed by atoms with Crippen LogP contribution in [-0.4, -0.2) is 42.5 Å². The molecule has 0 atom stereocenters. The lowest BCUT2D eigenvalue weighted by atomic mass is 9.95. The molecule has 3 heterocycles. The van der Waals surface area contributed by atoms with Crippen LogP contribution in [0.3, 0.4) is 0 Å². The average Bonchev–Trinajstić information content (AvgIpc) is 3.43. The molecule has 0 aliphatic carbocycles. The maximum atomic E-state index is 13.0. The number of carbonyl (C=O) groups excluding carboxylic acids is 2. The Hall–Kier alpha value is -4.18. The fourth-order valence-corrected chi connectivity index (χ4v) is 4.86. The molecular formula is C24H21N5O4S. The second-order valence-electron chi connectivity index (χ2n) is 7.97. The minimum Gasteiger partial charge on any atom is -0.508 e. The van der Waals surface area contributed by atoms with Crippen molar-refractivity contribution in [3.8, 4) is 11.5 Å². The highest BCUT2D eigenvalue weighted by Gasteiger charge is 2.35. The molecule has 0 unspecified atom stereocenters. The van der Waals surface area contributed by atoms with E-state index >= 15 is 0 Å². The highest BCUT2D eigenvalue weighted by atomic mass is 32.2. The number of amides is 2. The number of hydrogen-bond acceptors (Lipinski definition) is 6. The van der Waals surface area contributed by atoms with E-state index in [0.717, 1.165) is 17.5 Å². The Morgan fingerprint density at radius 2 is 1.68 bits per heavy atom. The summed E-state index contributed by atoms with van der Waals surface area (Å²) in [6.45, 7) is 0.598. The number of rotatable bonds is 6. The maximum Gasteiger partial charge on any atom is 0.259 e. The van der Waals surface area contributed by atoms with Crippen molar-refractivity contribution < 1.29 is 19.8 Å². The second kappa shape index (κ2) is 8.31. The van der Waals surface area contributed by atoms with Crippen molar-refractivity contribution >= 4 is 61.7 Å². The molecule has 2 aromatic heterocycles. The molecule has 0 saturated carbocycles. The zero-order valence-corrected chi connectivity index (χ0v) is 18.7. The molecule has 7 N–H and O–H groups in total. The number of aromatic hydroxyl groups is 2. The lowest BCUT2D eigenvalue weighted by Gasteiger charge is -2.05. The second-order valence-corrected chi connectivity index (χ2v) is 9.11. The predicted octanol–water partition coefficient (Wildman–Crippen LogP) is 3.12. The summed E-state index contributed by atoms with van der Waals surface area (Å²) in [5.41, 5.74) is 8.38. The van der Waals surface area contributed by atoms with Crippen molar-refractivity contribution in [2.24, 2.45) is 5.73 Å². The van der Waals surface area contributed by atoms with E-state index in [0.29, 0.717) is 34.2 Å². The number of imide groups is 1. The molecule has 0 fully saturated rings. The van der Waals surface area contributed by atoms with Crippen LogP contribution < -0.4 is 11.1 Å². The number of phenols is 2. The van der Waals surface area contributed by atoms with Gasteiger partial charge in [-0.3, -0.25) is 20.3 Å². The zero-order chi connectivity index (χ0) is 24.0. The first-order chi connectivity index (χ1) is 16.3. The number of carbonyl (C=O) groups is 2. The Bertz CT molecular complexity index is 1530. The minimum absolute atomic E-state index is 0.0440. The molecule has 4 aromatic rings. The summed E-state index contributed by atoms with van der Waals surface area (Å²) >= 11 is 1.26. The molecule has 1 aliphatic rings. The molecular weight excluding hydrogens is 454 g/mol. The zero-order valence-electron chi connectivity index (χ0n) is 17.9. The SMILES string of the molecule is N=C(N)SCCCn1cc(C2=C(c3c[nH]c4ccc(O)cc34)C(=O)NC2=O)c2cc(O)ccc21. The summed E-state index contributed by atoms with van der Waals surface area (Å²) in [7, 11) is 0. The molecule has 0 bridgehead atoms. The fraction of sp³-hybridized carbons (Fsp3) is 0.125. The molecule has 172 valence electrons. The van der Waals surface area contributed by atoms with Crippen LogP contribution in [-0.2, 0) is 16.1 Å². The third-order valence-corrected chi connectivity index (χ3v) is 6.60. The number of aryl methyl sites for hydroxylation is 1. The number of benzene rings is 2. The summed E-state index contributed by atoms with van der Waals surface area (Å²) in [6, 6.07) is 9.71. The lowest BCUT2D eigenvalue weighted by molar-refractivity contribution is -0.122. The van der Waals surface area contributed by atoms with Crippen LogP contribution >= 0.6 is 11.8 Å². The van der Waals surface area contributed by atoms with E-state index in [1.807, 2.05) is 10.8 Å². The first-order valence-electron chi connectivity index (χ1n) is 10.5. The number of phenolic OH excluding ortho intramolecular Hbond substituents is 2. The minimum atomic E-state index is -0.525. The average molecular weight is 476 g/mol. The summed E-state index contributed by atoms with van der Waals surface area (Å²) in [6.07, 6.45) is 4.18. The van der Waals surface area contributed by atoms with E-state index in [9.17, 15) is 19.8 Å². The van der Waals surface area contributed by atoms with Crippen LogP contribution in [0.1, 0.15) is 17.5 Å². The number of nitrogens with zero attached hydrogens (tertiary/aromatic N) is 1. The van der Waals surface area contributed by atoms with Crippen molar-refractivity contribution in [2.45, 2.75) is 13.0 Å². The number of H-pyrrole nitrogens is 1. The van der Waals surface area contributed by atoms with E-state index < -0.39 is 11.8 Å². The van der Waals surface area contributed by atoms with Gasteiger partial charge in [0.15, 0.2) is 5.17 Å². The van der Waals surface area contributed by atoms with E-state index in [-0.39, 0.29) is 27.8 Å². The smallest absolute Gasteiger partial charge is 0.259 e. The van der Waals surface area contributed by atoms with Gasteiger partial charge < -0.3 is 25.5 Å². The monoisotopic (exact) mass is 475 g/mol. The van der Waals surface area contributed by atoms with Crippen LogP contribution in [0.25, 0.3) is 33.0 Å². The van der Waals surface area contributed by atoms with Gasteiger partial charge in [0.1, 0.15) is 11.5 Å². The van der Waals surface area contributed by atoms with Gasteiger partial charge in [0, 0.05) is 57.6 Å². The number of aromatic nitrogens is 2. The van der Waals surface area contributed by atoms with Gasteiger partial charge in [-0.05, 0) is 42.8 Å². The third-order valence-electron chi connectivity index (χ3n) is 5.80. The Labute approximate surface area is 197 Å². The quantitative estimate of drug-likeness (QED) is 0.109. The molecule has 1 aliphatic heterocycles. The molecule has 10 heteroatoms. The molecule has 2 amide bonds. The molecule has 9 nitrogen and oxygen atoms in total. The molecule has 2 aromatic carbocycles. The lowest BCUT2D eigenvalue weighted by Crippen LogP contribution is -2.22. The van der Waals surface area contributed by atoms with E-state index in [1.54, 1.807) is 42.6 Å². The Kier molecular flexibility index (Phi) is 5.29. The van der Waals surface area contributed by atoms with Gasteiger partial charge in [-0.2, -0.15) is 0 Å². The van der Waals surface area contributed by atoms with Crippen LogP contribution in [0.5, 0.6) is 11.5 Å². The number of nitrogens with two attached hydrogens (primary N) is 1. The third kappa shape index (κ3) is 3.67. The summed E-state index contributed by atoms with van der Waals surface area (Å²) in [5, 5.41) is 31.2. The first-order valence-corrected chi connectivity index (χ1v) is 11.5. The van der Waals surface area contributed by atoms with Gasteiger partial charge in [-0.25, -0.2) is 0 Å². The number of thioether (sulfide) groups is 1. The highest BCUT2D eigenvalue weighted by Crippen LogP contribution is 2.39. The molecule has 5 rings (SSSR count). The standard InChI is InChI=1S/C24H21N5O4S/c25-24(26)34-7-1-6-29-11-17(15-9-13(31)3-5-19(15)29)21-20(22(32)28-23(21)33)16-10-27-18-4-2-12(30)8-14(16)18/h2-5,8-11,27,30-31H,1,6-7H2,(H3,25,26)(H,28,32,33). The summed E-state index contributed by atoms with van der Waals surface area (Å²) in [5.74, 6) is -0.298. The van der Waals surface area contributed by atoms with Crippen molar-refractivity contribution in [3.63, 3.8) is 0 Å². The number of amidine groups is 1. The van der Waals surface area contributed by atoms with E-state index in [1.165, 1.54) is 11.8 Å². The van der Waals surface area contributed by atoms with E-state index in [2.05, 4.69) is 10.3 Å². The number of nitrogens with one attached hydrogen (secondary N) is 3. The highest BCUT2D eigenvalue weighted by molar-refractivity contribution is 8.13. The van der Waals surface area contributed by atoms with Crippen molar-refractivity contribution in [1.82, 2.24) is 14.9 Å². The molecule has 0 spiro atoms. The number of aromatic amines is 1. The largest absolute Gasteiger partial charge is 0.508 e. The normalized spacial score (nSPS) is 13.9. The van der Waals surface area contributed by atoms with Crippen molar-refractivity contribution in [2.75, 3.05) is 5.75 Å². The van der Waals surface area contributed by atoms with Crippen LogP contribution in [0, 0.1) is 5.41 Å². The Morgan fingerprint density at radius 1 is 1.00 bits per heavy atom. The van der Waals surface area contributed by atoms with Gasteiger partial charge in [-0.1, -0.05) is 11.8 Å². The summed E-state index contributed by atoms with van der Waals surface area (Å²) < 4.78 is 1.96. The van der Waals surface area contributed by atoms with Crippen LogP contribution in [0.4, 0.5) is 0 Å². The van der Waals surface area contributed by atoms with Gasteiger partial charge in [0.2, 0.25) is 0 Å². The molecule has 0 saturated heterocycles. The van der Waals surface area contributed by atoms with E-state index in [4.69, 9.17) is 11.1 Å². The summed E-state index contributed by atoms with van der Waals surface area (Å²) in [4.78, 5) is 29.0. The molecule has 34 heavy (non-hydrogen) atoms. The fourth-order valence-electron chi connectivity index (χ4n) is 4.37. The Balaban J connectivity index is 1.68. The number of fused-ring (bicyclic) bond motifs is 2. The Morgan fingerprint density at radius 3 is 2.41 bits per heavy atom. The van der Waals surface area contributed by atoms with Gasteiger partial charge in [0.05, 0.1) is 11.1 Å². The first kappa shape index (κ1) is 21.7. The van der Waals surface area contributed by atoms with Gasteiger partial charge in [0.25, 0.3) is 11.8 Å². The van der Waals surface area contributed by atoms with Gasteiger partial charge >= 0.3 is 0 Å². The van der Waals surface area contributed by atoms with Crippen LogP contribution in [0.2, 0.25) is 0 Å². The maximum absolute atomic E-state index is 13.0. The predicted molar refractivity (Wildman–Crippen MR) is 133 cm³/mol. The van der Waals surface area contributed by atoms with Crippen LogP contribution in [0.15, 0.2) is 48.8 Å². The van der Waals surface area contributed by atoms with Gasteiger partial charge in [-0.15, -0.1) is 0 Å². The van der Waals surface area contributed by atoms with Crippen molar-refractivity contribution in [3.05, 3.63) is 59.9 Å². The van der Waals surface area contributed by atoms with Crippen molar-refractivity contribution in [1.29, 1.82) is 5.41 Å². The molecule has 0 radical (unpaired) electrons. The topological polar surface area (TPSA) is 157 Å².